The average molecular weight is 811 g/mol. The lowest BCUT2D eigenvalue weighted by atomic mass is 9.78. The number of ether oxygens (including phenoxy) is 1. The largest absolute Gasteiger partial charge is 0.507 e. The second-order valence-electron chi connectivity index (χ2n) is 17.4. The highest BCUT2D eigenvalue weighted by molar-refractivity contribution is 6.08. The fourth-order valence-corrected chi connectivity index (χ4v) is 8.25. The highest BCUT2D eigenvalue weighted by Gasteiger charge is 2.29. The molecule has 1 aliphatic rings. The topological polar surface area (TPSA) is 77.9 Å². The molecule has 1 aliphatic carbocycles. The first kappa shape index (κ1) is 43.8. The number of benzene rings is 4. The Morgan fingerprint density at radius 3 is 2.03 bits per heavy atom. The molecule has 0 saturated carbocycles. The third-order valence-corrected chi connectivity index (χ3v) is 11.4. The first-order valence-electron chi connectivity index (χ1n) is 21.2. The van der Waals surface area contributed by atoms with Gasteiger partial charge in [0.15, 0.2) is 12.3 Å². The van der Waals surface area contributed by atoms with E-state index in [0.717, 1.165) is 57.7 Å². The first-order chi connectivity index (χ1) is 28.6. The van der Waals surface area contributed by atoms with Gasteiger partial charge in [0, 0.05) is 69.7 Å². The summed E-state index contributed by atoms with van der Waals surface area (Å²) in [5.74, 6) is -0.619. The maximum absolute atomic E-state index is 17.1. The number of aromatic nitrogens is 1. The molecule has 5 aromatic rings. The van der Waals surface area contributed by atoms with Crippen LogP contribution in [0.4, 0.5) is 10.1 Å². The molecule has 7 nitrogen and oxygen atoms in total. The van der Waals surface area contributed by atoms with Crippen LogP contribution in [0.1, 0.15) is 94.9 Å². The third kappa shape index (κ3) is 9.04. The Kier molecular flexibility index (Phi) is 13.3. The van der Waals surface area contributed by atoms with Gasteiger partial charge in [-0.05, 0) is 91.3 Å². The van der Waals surface area contributed by atoms with Crippen LogP contribution in [0, 0.1) is 5.82 Å². The summed E-state index contributed by atoms with van der Waals surface area (Å²) in [6, 6.07) is 27.5. The van der Waals surface area contributed by atoms with Crippen molar-refractivity contribution in [1.29, 1.82) is 0 Å². The van der Waals surface area contributed by atoms with Crippen molar-refractivity contribution in [3.8, 4) is 17.0 Å². The lowest BCUT2D eigenvalue weighted by Crippen LogP contribution is -2.28. The molecule has 314 valence electrons. The number of esters is 1. The summed E-state index contributed by atoms with van der Waals surface area (Å²) >= 11 is 0. The number of anilines is 1. The number of likely N-dealkylation sites (N-methyl/N-ethyl adjacent to an activating group) is 2. The monoisotopic (exact) mass is 810 g/mol. The van der Waals surface area contributed by atoms with Gasteiger partial charge in [0.2, 0.25) is 0 Å². The number of nitrogens with zero attached hydrogens (tertiary/aromatic N) is 3. The number of rotatable bonds is 13. The maximum atomic E-state index is 17.1. The molecule has 1 heterocycles. The quantitative estimate of drug-likeness (QED) is 0.0915. The zero-order chi connectivity index (χ0) is 43.4. The van der Waals surface area contributed by atoms with Gasteiger partial charge in [-0.15, -0.1) is 0 Å². The minimum absolute atomic E-state index is 0.0493. The Hall–Kier alpha value is -5.73. The zero-order valence-corrected chi connectivity index (χ0v) is 36.8. The van der Waals surface area contributed by atoms with E-state index in [0.29, 0.717) is 47.6 Å². The molecule has 0 bridgehead atoms. The number of aromatic hydroxyl groups is 1. The molecule has 0 spiro atoms. The molecule has 8 heteroatoms. The number of carbonyl (C=O) groups excluding carboxylic acids is 1. The molecule has 1 aromatic heterocycles. The van der Waals surface area contributed by atoms with E-state index in [-0.39, 0.29) is 35.6 Å². The molecular formula is C52H61FN3O4+. The summed E-state index contributed by atoms with van der Waals surface area (Å²) < 4.78 is 27.4. The fraction of sp³-hybridized carbons (Fsp3) is 0.346. The Bertz CT molecular complexity index is 2440. The number of aliphatic hydroxyl groups excluding tert-OH is 1. The van der Waals surface area contributed by atoms with E-state index in [4.69, 9.17) is 4.74 Å². The van der Waals surface area contributed by atoms with Crippen LogP contribution in [0.3, 0.4) is 0 Å². The summed E-state index contributed by atoms with van der Waals surface area (Å²) in [5, 5.41) is 21.9. The van der Waals surface area contributed by atoms with Gasteiger partial charge in [0.25, 0.3) is 0 Å². The van der Waals surface area contributed by atoms with Crippen LogP contribution in [-0.2, 0) is 22.1 Å². The number of aryl methyl sites for hydroxylation is 1. The standard InChI is InChI=1S/C52H60FN3O4/c1-10-54(28-30-57)38-24-22-35(23-25-38)46(47-41-20-16-17-21-45(41)56(12-3)48(47)36-18-14-13-15-19-36)40-27-26-39(34-44(40)53)55(11-2)29-31-60-50(59)37-32-42(51(4,5)6)49(58)43(33-37)52(7,8)9/h13-27,32-34,57H,10-12,28-31H2,1-9H3/p+1. The summed E-state index contributed by atoms with van der Waals surface area (Å²) in [6.07, 6.45) is 8.21. The predicted octanol–water partition coefficient (Wildman–Crippen LogP) is 10.8. The first-order valence-corrected chi connectivity index (χ1v) is 21.2. The minimum Gasteiger partial charge on any atom is -0.507 e. The van der Waals surface area contributed by atoms with Crippen LogP contribution in [0.15, 0.2) is 115 Å². The van der Waals surface area contributed by atoms with Crippen molar-refractivity contribution >= 4 is 33.8 Å². The van der Waals surface area contributed by atoms with Crippen LogP contribution in [0.25, 0.3) is 27.7 Å². The highest BCUT2D eigenvalue weighted by Crippen LogP contribution is 2.44. The van der Waals surface area contributed by atoms with Crippen molar-refractivity contribution in [2.75, 3.05) is 44.3 Å². The molecule has 6 rings (SSSR count). The van der Waals surface area contributed by atoms with Crippen molar-refractivity contribution in [2.24, 2.45) is 0 Å². The number of phenols is 1. The smallest absolute Gasteiger partial charge is 0.338 e. The summed E-state index contributed by atoms with van der Waals surface area (Å²) in [5.41, 5.74) is 8.91. The van der Waals surface area contributed by atoms with Crippen molar-refractivity contribution in [2.45, 2.75) is 79.7 Å². The summed E-state index contributed by atoms with van der Waals surface area (Å²) in [6.45, 7) is 21.3. The Balaban J connectivity index is 1.39. The maximum Gasteiger partial charge on any atom is 0.338 e. The summed E-state index contributed by atoms with van der Waals surface area (Å²) in [7, 11) is 0. The van der Waals surface area contributed by atoms with Crippen LogP contribution in [-0.4, -0.2) is 70.4 Å². The van der Waals surface area contributed by atoms with Gasteiger partial charge in [-0.1, -0.05) is 90.1 Å². The molecule has 0 atom stereocenters. The Morgan fingerprint density at radius 1 is 0.833 bits per heavy atom. The second-order valence-corrected chi connectivity index (χ2v) is 17.4. The Morgan fingerprint density at radius 2 is 1.47 bits per heavy atom. The van der Waals surface area contributed by atoms with Gasteiger partial charge in [0.05, 0.1) is 17.8 Å². The predicted molar refractivity (Wildman–Crippen MR) is 245 cm³/mol. The molecule has 60 heavy (non-hydrogen) atoms. The molecule has 0 radical (unpaired) electrons. The van der Waals surface area contributed by atoms with Gasteiger partial charge >= 0.3 is 5.97 Å². The van der Waals surface area contributed by atoms with Gasteiger partial charge < -0.3 is 24.4 Å². The number of fused-ring (bicyclic) bond motifs is 1. The normalized spacial score (nSPS) is 13.0. The van der Waals surface area contributed by atoms with Crippen molar-refractivity contribution < 1.29 is 28.7 Å². The molecule has 2 N–H and O–H groups in total. The van der Waals surface area contributed by atoms with Crippen molar-refractivity contribution in [3.05, 3.63) is 148 Å². The lowest BCUT2D eigenvalue weighted by molar-refractivity contribution is -0.525. The van der Waals surface area contributed by atoms with E-state index < -0.39 is 5.97 Å². The van der Waals surface area contributed by atoms with Gasteiger partial charge in [0.1, 0.15) is 31.3 Å². The fourth-order valence-electron chi connectivity index (χ4n) is 8.25. The number of allylic oxidation sites excluding steroid dienone is 5. The van der Waals surface area contributed by atoms with Crippen LogP contribution < -0.4 is 4.90 Å². The number of carbonyl (C=O) groups is 1. The number of halogens is 1. The molecule has 0 amide bonds. The number of aliphatic hydroxyl groups is 1. The SMILES string of the molecule is CCN(CCOC(=O)c1cc(C(C)(C)C)c(O)c(C(C)(C)C)c1)c1ccc(C(=C2C=CC(=[N+](CC)CCO)C=C2)c2c(-c3ccccc3)n(CC)c3ccccc23)c(F)c1. The molecule has 0 unspecified atom stereocenters. The molecular weight excluding hydrogens is 750 g/mol. The van der Waals surface area contributed by atoms with Crippen molar-refractivity contribution in [3.63, 3.8) is 0 Å². The van der Waals surface area contributed by atoms with E-state index in [1.807, 2.05) is 108 Å². The highest BCUT2D eigenvalue weighted by atomic mass is 19.1. The van der Waals surface area contributed by atoms with E-state index in [1.54, 1.807) is 18.2 Å². The van der Waals surface area contributed by atoms with E-state index in [1.165, 1.54) is 0 Å². The molecule has 0 saturated heterocycles. The van der Waals surface area contributed by atoms with E-state index >= 15 is 4.39 Å². The van der Waals surface area contributed by atoms with E-state index in [9.17, 15) is 15.0 Å². The van der Waals surface area contributed by atoms with E-state index in [2.05, 4.69) is 59.4 Å². The molecule has 0 fully saturated rings. The average Bonchev–Trinajstić information content (AvgIpc) is 3.56. The number of hydrogen-bond acceptors (Lipinski definition) is 5. The lowest BCUT2D eigenvalue weighted by Gasteiger charge is -2.28. The number of para-hydroxylation sites is 1. The summed E-state index contributed by atoms with van der Waals surface area (Å²) in [4.78, 5) is 15.5. The van der Waals surface area contributed by atoms with Crippen LogP contribution >= 0.6 is 0 Å². The van der Waals surface area contributed by atoms with Crippen LogP contribution in [0.5, 0.6) is 5.75 Å². The van der Waals surface area contributed by atoms with Gasteiger partial charge in [-0.3, -0.25) is 0 Å². The van der Waals surface area contributed by atoms with Crippen LogP contribution in [0.2, 0.25) is 0 Å². The third-order valence-electron chi connectivity index (χ3n) is 11.4. The Labute approximate surface area is 355 Å². The van der Waals surface area contributed by atoms with Gasteiger partial charge in [-0.2, -0.15) is 0 Å². The minimum atomic E-state index is -0.465. The zero-order valence-electron chi connectivity index (χ0n) is 36.8. The van der Waals surface area contributed by atoms with Crippen molar-refractivity contribution in [1.82, 2.24) is 4.57 Å². The number of hydrogen-bond donors (Lipinski definition) is 2. The number of phenolic OH excluding ortho intramolecular Hbond substituents is 1. The molecule has 4 aromatic carbocycles. The van der Waals surface area contributed by atoms with Gasteiger partial charge in [-0.25, -0.2) is 13.8 Å². The second kappa shape index (κ2) is 18.3. The molecule has 0 aliphatic heterocycles.